The van der Waals surface area contributed by atoms with Crippen molar-refractivity contribution in [3.8, 4) is 22.0 Å². The molecule has 0 unspecified atom stereocenters. The minimum absolute atomic E-state index is 0.195. The molecule has 0 radical (unpaired) electrons. The third-order valence-corrected chi connectivity index (χ3v) is 7.62. The van der Waals surface area contributed by atoms with Crippen LogP contribution >= 0.6 is 22.7 Å². The molecule has 0 aliphatic carbocycles. The molecule has 0 aliphatic heterocycles. The quantitative estimate of drug-likeness (QED) is 0.254. The molecule has 0 N–H and O–H groups in total. The van der Waals surface area contributed by atoms with Gasteiger partial charge in [-0.25, -0.2) is 4.68 Å². The first-order valence-corrected chi connectivity index (χ1v) is 13.9. The van der Waals surface area contributed by atoms with E-state index in [0.29, 0.717) is 21.9 Å². The molecular weight excluding hydrogens is 514 g/mol. The van der Waals surface area contributed by atoms with E-state index in [1.807, 2.05) is 101 Å². The van der Waals surface area contributed by atoms with E-state index < -0.39 is 0 Å². The number of thiazole rings is 1. The fourth-order valence-corrected chi connectivity index (χ4v) is 5.57. The predicted octanol–water partition coefficient (Wildman–Crippen LogP) is 5.57. The number of hydrogen-bond donors (Lipinski definition) is 0. The summed E-state index contributed by atoms with van der Waals surface area (Å²) < 4.78 is 9.39. The van der Waals surface area contributed by atoms with Gasteiger partial charge in [-0.2, -0.15) is 14.6 Å². The lowest BCUT2D eigenvalue weighted by atomic mass is 10.2. The van der Waals surface area contributed by atoms with Crippen LogP contribution in [0.25, 0.3) is 39.4 Å². The first-order valence-electron chi connectivity index (χ1n) is 12.2. The molecule has 0 aliphatic rings. The predicted molar refractivity (Wildman–Crippen MR) is 154 cm³/mol. The lowest BCUT2D eigenvalue weighted by molar-refractivity contribution is 0.317. The van der Waals surface area contributed by atoms with Crippen molar-refractivity contribution in [2.24, 2.45) is 0 Å². The molecule has 0 saturated heterocycles. The Kier molecular flexibility index (Phi) is 6.68. The zero-order chi connectivity index (χ0) is 25.9. The summed E-state index contributed by atoms with van der Waals surface area (Å²) in [5, 5.41) is 11.3. The van der Waals surface area contributed by atoms with Crippen molar-refractivity contribution in [1.29, 1.82) is 0 Å². The lowest BCUT2D eigenvalue weighted by Gasteiger charge is -2.03. The topological polar surface area (TPSA) is 74.3 Å². The van der Waals surface area contributed by atoms with E-state index in [9.17, 15) is 4.79 Å². The van der Waals surface area contributed by atoms with Gasteiger partial charge >= 0.3 is 0 Å². The Morgan fingerprint density at radius 1 is 0.974 bits per heavy atom. The summed E-state index contributed by atoms with van der Waals surface area (Å²) in [6.07, 6.45) is 8.53. The highest BCUT2D eigenvalue weighted by atomic mass is 32.1. The van der Waals surface area contributed by atoms with Gasteiger partial charge in [0.2, 0.25) is 4.96 Å². The van der Waals surface area contributed by atoms with Gasteiger partial charge < -0.3 is 4.74 Å². The van der Waals surface area contributed by atoms with E-state index in [2.05, 4.69) is 17.0 Å². The minimum atomic E-state index is -0.195. The molecule has 0 spiro atoms. The van der Waals surface area contributed by atoms with E-state index in [1.165, 1.54) is 15.9 Å². The maximum absolute atomic E-state index is 13.2. The standard InChI is InChI=1S/C29H23N5O2S2/c1-2-16-36-23-13-10-20(11-14-23)12-15-26-30-29-34(31-26)28(35)25(38-29)18-21-19-33(22-7-4-3-5-8-22)32-27(21)24-9-6-17-37-24/h3-15,17-19H,2,16H2,1H3/b15-12+,25-18-. The third-order valence-electron chi connectivity index (χ3n) is 5.78. The molecule has 2 aromatic carbocycles. The van der Waals surface area contributed by atoms with Crippen molar-refractivity contribution >= 4 is 45.9 Å². The van der Waals surface area contributed by atoms with Crippen LogP contribution in [-0.2, 0) is 0 Å². The normalized spacial score (nSPS) is 12.2. The Bertz CT molecular complexity index is 1820. The van der Waals surface area contributed by atoms with Gasteiger partial charge in [0, 0.05) is 11.8 Å². The average molecular weight is 538 g/mol. The summed E-state index contributed by atoms with van der Waals surface area (Å²) in [6, 6.07) is 21.8. The van der Waals surface area contributed by atoms with Crippen LogP contribution in [0.15, 0.2) is 83.1 Å². The van der Waals surface area contributed by atoms with Crippen LogP contribution in [0, 0.1) is 0 Å². The molecule has 6 aromatic rings. The maximum Gasteiger partial charge on any atom is 0.291 e. The van der Waals surface area contributed by atoms with Crippen LogP contribution in [0.3, 0.4) is 0 Å². The summed E-state index contributed by atoms with van der Waals surface area (Å²) in [5.74, 6) is 1.34. The summed E-state index contributed by atoms with van der Waals surface area (Å²) in [4.78, 5) is 19.3. The molecule has 188 valence electrons. The molecule has 6 rings (SSSR count). The fraction of sp³-hybridized carbons (Fsp3) is 0.103. The second-order valence-corrected chi connectivity index (χ2v) is 10.5. The van der Waals surface area contributed by atoms with Crippen LogP contribution in [0.4, 0.5) is 0 Å². The number of hydrogen-bond acceptors (Lipinski definition) is 7. The lowest BCUT2D eigenvalue weighted by Crippen LogP contribution is -2.23. The Morgan fingerprint density at radius 3 is 2.55 bits per heavy atom. The van der Waals surface area contributed by atoms with Gasteiger partial charge in [0.1, 0.15) is 11.4 Å². The molecule has 0 fully saturated rings. The number of aromatic nitrogens is 5. The monoisotopic (exact) mass is 537 g/mol. The number of ether oxygens (including phenoxy) is 1. The fourth-order valence-electron chi connectivity index (χ4n) is 3.94. The highest BCUT2D eigenvalue weighted by Crippen LogP contribution is 2.28. The van der Waals surface area contributed by atoms with Crippen molar-refractivity contribution < 1.29 is 4.74 Å². The highest BCUT2D eigenvalue weighted by Gasteiger charge is 2.14. The maximum atomic E-state index is 13.2. The number of thiophene rings is 1. The van der Waals surface area contributed by atoms with Gasteiger partial charge in [-0.1, -0.05) is 60.7 Å². The molecule has 0 amide bonds. The van der Waals surface area contributed by atoms with Gasteiger partial charge in [0.25, 0.3) is 5.56 Å². The van der Waals surface area contributed by atoms with Gasteiger partial charge in [0.05, 0.1) is 21.7 Å². The minimum Gasteiger partial charge on any atom is -0.494 e. The molecule has 4 heterocycles. The van der Waals surface area contributed by atoms with Gasteiger partial charge in [-0.15, -0.1) is 16.4 Å². The smallest absolute Gasteiger partial charge is 0.291 e. The number of nitrogens with zero attached hydrogens (tertiary/aromatic N) is 5. The molecule has 0 atom stereocenters. The van der Waals surface area contributed by atoms with Gasteiger partial charge in [-0.05, 0) is 59.8 Å². The summed E-state index contributed by atoms with van der Waals surface area (Å²) in [7, 11) is 0. The Labute approximate surface area is 226 Å². The van der Waals surface area contributed by atoms with Crippen molar-refractivity contribution in [1.82, 2.24) is 24.4 Å². The van der Waals surface area contributed by atoms with Crippen LogP contribution < -0.4 is 14.8 Å². The Balaban J connectivity index is 1.31. The van der Waals surface area contributed by atoms with E-state index in [1.54, 1.807) is 11.3 Å². The van der Waals surface area contributed by atoms with Gasteiger partial charge in [-0.3, -0.25) is 4.79 Å². The largest absolute Gasteiger partial charge is 0.494 e. The number of benzene rings is 2. The van der Waals surface area contributed by atoms with Crippen LogP contribution in [0.1, 0.15) is 30.3 Å². The SMILES string of the molecule is CCCOc1ccc(/C=C/c2nc3s/c(=C\c4cn(-c5ccccc5)nc4-c4cccs4)c(=O)n3n2)cc1. The number of fused-ring (bicyclic) bond motifs is 1. The summed E-state index contributed by atoms with van der Waals surface area (Å²) >= 11 is 2.93. The van der Waals surface area contributed by atoms with Crippen LogP contribution in [0.5, 0.6) is 5.75 Å². The Hall–Kier alpha value is -4.34. The van der Waals surface area contributed by atoms with Crippen molar-refractivity contribution in [2.45, 2.75) is 13.3 Å². The molecule has 38 heavy (non-hydrogen) atoms. The molecule has 0 saturated carbocycles. The zero-order valence-corrected chi connectivity index (χ0v) is 22.2. The zero-order valence-electron chi connectivity index (χ0n) is 20.5. The van der Waals surface area contributed by atoms with Crippen LogP contribution in [-0.4, -0.2) is 31.0 Å². The number of para-hydroxylation sites is 1. The first kappa shape index (κ1) is 24.0. The van der Waals surface area contributed by atoms with E-state index in [-0.39, 0.29) is 5.56 Å². The summed E-state index contributed by atoms with van der Waals surface area (Å²) in [5.41, 5.74) is 3.45. The number of rotatable bonds is 8. The van der Waals surface area contributed by atoms with Crippen molar-refractivity contribution in [3.63, 3.8) is 0 Å². The van der Waals surface area contributed by atoms with Crippen molar-refractivity contribution in [2.75, 3.05) is 6.61 Å². The molecule has 4 aromatic heterocycles. The molecular formula is C29H23N5O2S2. The average Bonchev–Trinajstić information content (AvgIpc) is 3.74. The second-order valence-electron chi connectivity index (χ2n) is 8.52. The van der Waals surface area contributed by atoms with Crippen molar-refractivity contribution in [3.05, 3.63) is 110 Å². The highest BCUT2D eigenvalue weighted by molar-refractivity contribution is 7.15. The Morgan fingerprint density at radius 2 is 1.82 bits per heavy atom. The van der Waals surface area contributed by atoms with E-state index in [4.69, 9.17) is 9.84 Å². The second kappa shape index (κ2) is 10.6. The molecule has 7 nitrogen and oxygen atoms in total. The van der Waals surface area contributed by atoms with Crippen LogP contribution in [0.2, 0.25) is 0 Å². The molecule has 9 heteroatoms. The van der Waals surface area contributed by atoms with E-state index >= 15 is 0 Å². The summed E-state index contributed by atoms with van der Waals surface area (Å²) in [6.45, 7) is 2.78. The van der Waals surface area contributed by atoms with Gasteiger partial charge in [0.15, 0.2) is 5.82 Å². The third kappa shape index (κ3) is 4.93. The molecule has 0 bridgehead atoms. The van der Waals surface area contributed by atoms with E-state index in [0.717, 1.165) is 39.6 Å². The first-order chi connectivity index (χ1) is 18.7.